The van der Waals surface area contributed by atoms with Crippen LogP contribution in [0.2, 0.25) is 5.02 Å². The summed E-state index contributed by atoms with van der Waals surface area (Å²) in [6.45, 7) is 6.80. The monoisotopic (exact) mass is 421 g/mol. The number of carbonyl (C=O) groups excluding carboxylic acids is 1. The summed E-state index contributed by atoms with van der Waals surface area (Å²) >= 11 is 6.22. The molecule has 0 unspecified atom stereocenters. The summed E-state index contributed by atoms with van der Waals surface area (Å²) in [5.41, 5.74) is 1.81. The molecule has 29 heavy (non-hydrogen) atoms. The Morgan fingerprint density at radius 2 is 1.86 bits per heavy atom. The molecule has 1 atom stereocenters. The van der Waals surface area contributed by atoms with E-state index in [1.54, 1.807) is 19.2 Å². The van der Waals surface area contributed by atoms with E-state index in [2.05, 4.69) is 5.32 Å². The minimum Gasteiger partial charge on any atom is -0.496 e. The van der Waals surface area contributed by atoms with Crippen LogP contribution in [0.3, 0.4) is 0 Å². The predicted octanol–water partition coefficient (Wildman–Crippen LogP) is 0.649. The fraction of sp³-hybridized carbons (Fsp3) is 0.409. The van der Waals surface area contributed by atoms with Crippen LogP contribution in [0.25, 0.3) is 0 Å². The molecule has 0 radical (unpaired) electrons. The van der Waals surface area contributed by atoms with E-state index < -0.39 is 0 Å². The largest absolute Gasteiger partial charge is 0.496 e. The minimum absolute atomic E-state index is 0.0302. The quantitative estimate of drug-likeness (QED) is 0.614. The van der Waals surface area contributed by atoms with Crippen molar-refractivity contribution >= 4 is 17.5 Å². The Kier molecular flexibility index (Phi) is 7.47. The number of benzene rings is 2. The van der Waals surface area contributed by atoms with Gasteiger partial charge >= 0.3 is 0 Å². The Balaban J connectivity index is 1.47. The zero-order valence-corrected chi connectivity index (χ0v) is 17.7. The number of ether oxygens (including phenoxy) is 1. The summed E-state index contributed by atoms with van der Waals surface area (Å²) in [5.74, 6) is 0.512. The number of carbonyl (C=O) groups is 1. The van der Waals surface area contributed by atoms with E-state index in [1.807, 2.05) is 31.2 Å². The lowest BCUT2D eigenvalue weighted by Crippen LogP contribution is -3.28. The number of piperazine rings is 1. The SMILES string of the molecule is COc1ccc(F)cc1C[NH+]1CC[NH+](CC(=O)N[C@@H](C)c2ccccc2Cl)CC1. The van der Waals surface area contributed by atoms with E-state index in [9.17, 15) is 9.18 Å². The van der Waals surface area contributed by atoms with Crippen molar-refractivity contribution < 1.29 is 23.7 Å². The fourth-order valence-corrected chi connectivity index (χ4v) is 4.19. The van der Waals surface area contributed by atoms with E-state index >= 15 is 0 Å². The number of hydrogen-bond donors (Lipinski definition) is 3. The second-order valence-electron chi connectivity index (χ2n) is 7.62. The molecule has 1 fully saturated rings. The normalized spacial score (nSPS) is 20.1. The van der Waals surface area contributed by atoms with Crippen molar-refractivity contribution in [2.24, 2.45) is 0 Å². The maximum Gasteiger partial charge on any atom is 0.275 e. The Morgan fingerprint density at radius 1 is 1.17 bits per heavy atom. The van der Waals surface area contributed by atoms with Gasteiger partial charge in [0, 0.05) is 5.02 Å². The second-order valence-corrected chi connectivity index (χ2v) is 8.03. The molecule has 1 heterocycles. The average Bonchev–Trinajstić information content (AvgIpc) is 2.70. The maximum atomic E-state index is 13.6. The van der Waals surface area contributed by atoms with Crippen LogP contribution in [-0.4, -0.2) is 45.7 Å². The number of methoxy groups -OCH3 is 1. The molecule has 7 heteroatoms. The highest BCUT2D eigenvalue weighted by atomic mass is 35.5. The van der Waals surface area contributed by atoms with Crippen LogP contribution in [0, 0.1) is 5.82 Å². The molecule has 1 aliphatic rings. The second kappa shape index (κ2) is 10.1. The van der Waals surface area contributed by atoms with Crippen LogP contribution in [0.1, 0.15) is 24.1 Å². The van der Waals surface area contributed by atoms with E-state index in [0.717, 1.165) is 49.6 Å². The predicted molar refractivity (Wildman–Crippen MR) is 111 cm³/mol. The Morgan fingerprint density at radius 3 is 2.55 bits per heavy atom. The van der Waals surface area contributed by atoms with Crippen LogP contribution >= 0.6 is 11.6 Å². The van der Waals surface area contributed by atoms with Gasteiger partial charge in [0.2, 0.25) is 0 Å². The van der Waals surface area contributed by atoms with Gasteiger partial charge in [-0.15, -0.1) is 0 Å². The molecule has 1 amide bonds. The third kappa shape index (κ3) is 5.92. The van der Waals surface area contributed by atoms with Crippen LogP contribution in [0.15, 0.2) is 42.5 Å². The minimum atomic E-state index is -0.242. The number of amides is 1. The topological polar surface area (TPSA) is 47.2 Å². The molecule has 3 rings (SSSR count). The van der Waals surface area contributed by atoms with Crippen molar-refractivity contribution in [3.63, 3.8) is 0 Å². The zero-order chi connectivity index (χ0) is 20.8. The van der Waals surface area contributed by atoms with Gasteiger partial charge in [-0.05, 0) is 36.8 Å². The van der Waals surface area contributed by atoms with Crippen LogP contribution < -0.4 is 19.9 Å². The molecule has 2 aromatic rings. The molecule has 5 nitrogen and oxygen atoms in total. The first-order valence-corrected chi connectivity index (χ1v) is 10.4. The average molecular weight is 422 g/mol. The molecule has 3 N–H and O–H groups in total. The van der Waals surface area contributed by atoms with Crippen molar-refractivity contribution in [2.45, 2.75) is 19.5 Å². The summed E-state index contributed by atoms with van der Waals surface area (Å²) in [5, 5.41) is 3.71. The molecule has 0 bridgehead atoms. The van der Waals surface area contributed by atoms with Crippen LogP contribution in [0.5, 0.6) is 5.75 Å². The molecule has 156 valence electrons. The van der Waals surface area contributed by atoms with Gasteiger partial charge in [-0.1, -0.05) is 29.8 Å². The summed E-state index contributed by atoms with van der Waals surface area (Å²) in [6.07, 6.45) is 0. The Labute approximate surface area is 176 Å². The van der Waals surface area contributed by atoms with E-state index in [1.165, 1.54) is 15.9 Å². The maximum absolute atomic E-state index is 13.6. The number of rotatable bonds is 7. The smallest absolute Gasteiger partial charge is 0.275 e. The van der Waals surface area contributed by atoms with Crippen LogP contribution in [-0.2, 0) is 11.3 Å². The first-order chi connectivity index (χ1) is 14.0. The molecule has 0 aromatic heterocycles. The summed E-state index contributed by atoms with van der Waals surface area (Å²) in [6, 6.07) is 12.1. The van der Waals surface area contributed by atoms with Gasteiger partial charge < -0.3 is 19.9 Å². The van der Waals surface area contributed by atoms with Gasteiger partial charge in [-0.2, -0.15) is 0 Å². The van der Waals surface area contributed by atoms with E-state index in [4.69, 9.17) is 16.3 Å². The van der Waals surface area contributed by atoms with Crippen molar-refractivity contribution in [1.29, 1.82) is 0 Å². The summed E-state index contributed by atoms with van der Waals surface area (Å²) < 4.78 is 18.9. The fourth-order valence-electron chi connectivity index (χ4n) is 3.89. The number of hydrogen-bond acceptors (Lipinski definition) is 2. The summed E-state index contributed by atoms with van der Waals surface area (Å²) in [4.78, 5) is 15.1. The third-order valence-electron chi connectivity index (χ3n) is 5.51. The molecule has 2 aromatic carbocycles. The lowest BCUT2D eigenvalue weighted by Gasteiger charge is -2.30. The zero-order valence-electron chi connectivity index (χ0n) is 16.9. The highest BCUT2D eigenvalue weighted by Crippen LogP contribution is 2.21. The van der Waals surface area contributed by atoms with Crippen molar-refractivity contribution in [3.05, 3.63) is 64.4 Å². The first-order valence-electron chi connectivity index (χ1n) is 9.99. The van der Waals surface area contributed by atoms with Crippen LogP contribution in [0.4, 0.5) is 4.39 Å². The van der Waals surface area contributed by atoms with Gasteiger partial charge in [0.05, 0.1) is 18.7 Å². The highest BCUT2D eigenvalue weighted by molar-refractivity contribution is 6.31. The van der Waals surface area contributed by atoms with Crippen molar-refractivity contribution in [2.75, 3.05) is 39.8 Å². The van der Waals surface area contributed by atoms with Gasteiger partial charge in [0.1, 0.15) is 44.3 Å². The van der Waals surface area contributed by atoms with E-state index in [-0.39, 0.29) is 17.8 Å². The van der Waals surface area contributed by atoms with Gasteiger partial charge in [0.25, 0.3) is 5.91 Å². The van der Waals surface area contributed by atoms with Gasteiger partial charge in [-0.25, -0.2) is 4.39 Å². The third-order valence-corrected chi connectivity index (χ3v) is 5.85. The lowest BCUT2D eigenvalue weighted by atomic mass is 10.1. The molecule has 0 aliphatic carbocycles. The number of nitrogens with one attached hydrogen (secondary N) is 3. The highest BCUT2D eigenvalue weighted by Gasteiger charge is 2.26. The van der Waals surface area contributed by atoms with Crippen molar-refractivity contribution in [1.82, 2.24) is 5.32 Å². The number of quaternary nitrogens is 2. The molecular formula is C22H29ClFN3O2+2. The van der Waals surface area contributed by atoms with Crippen molar-refractivity contribution in [3.8, 4) is 5.75 Å². The first kappa shape index (κ1) is 21.6. The standard InChI is InChI=1S/C22H27ClFN3O2/c1-16(19-5-3-4-6-20(19)23)25-22(28)15-27-11-9-26(10-12-27)14-17-13-18(24)7-8-21(17)29-2/h3-8,13,16H,9-12,14-15H2,1-2H3,(H,25,28)/p+2/t16-/m0/s1. The Hall–Kier alpha value is -2.15. The molecule has 1 aliphatic heterocycles. The lowest BCUT2D eigenvalue weighted by molar-refractivity contribution is -1.02. The molecule has 0 spiro atoms. The molecule has 0 saturated carbocycles. The molecular weight excluding hydrogens is 393 g/mol. The van der Waals surface area contributed by atoms with Gasteiger partial charge in [0.15, 0.2) is 6.54 Å². The van der Waals surface area contributed by atoms with E-state index in [0.29, 0.717) is 11.6 Å². The van der Waals surface area contributed by atoms with Gasteiger partial charge in [-0.3, -0.25) is 4.79 Å². The Bertz CT molecular complexity index is 841. The summed E-state index contributed by atoms with van der Waals surface area (Å²) in [7, 11) is 1.61. The molecule has 1 saturated heterocycles. The number of halogens is 2.